The van der Waals surface area contributed by atoms with Crippen molar-refractivity contribution >= 4 is 35.0 Å². The number of allylic oxidation sites excluding steroid dienone is 2. The molecule has 0 spiro atoms. The van der Waals surface area contributed by atoms with Crippen LogP contribution in [0.1, 0.15) is 62.9 Å². The summed E-state index contributed by atoms with van der Waals surface area (Å²) in [5.41, 5.74) is -1.31. The Hall–Kier alpha value is -1.85. The van der Waals surface area contributed by atoms with Gasteiger partial charge in [-0.1, -0.05) is 23.9 Å². The lowest BCUT2D eigenvalue weighted by Crippen LogP contribution is -2.25. The summed E-state index contributed by atoms with van der Waals surface area (Å²) in [6.07, 6.45) is 2.84. The standard InChI is InChI=1S/C22H28F3NO5S2/c1-13(27)31-18-6-5-14(4-3-9-22(2,30)10-7-16(23)19(24)25)15(18)8-11-32-21-26-17(12-33-21)20(28)29/h3-4,12,14-15,18,30H,5-11H2,1-2H3,(H,28,29)/t14-,15+,18-,22?/m0/s1. The van der Waals surface area contributed by atoms with E-state index in [0.29, 0.717) is 22.9 Å². The first-order valence-electron chi connectivity index (χ1n) is 10.6. The quantitative estimate of drug-likeness (QED) is 0.209. The van der Waals surface area contributed by atoms with Crippen LogP contribution in [0.4, 0.5) is 13.2 Å². The number of aromatic nitrogens is 1. The molecule has 1 saturated carbocycles. The Morgan fingerprint density at radius 3 is 2.70 bits per heavy atom. The van der Waals surface area contributed by atoms with E-state index in [0.717, 1.165) is 6.42 Å². The van der Waals surface area contributed by atoms with Crippen molar-refractivity contribution in [3.63, 3.8) is 0 Å². The Morgan fingerprint density at radius 1 is 1.36 bits per heavy atom. The maximum atomic E-state index is 13.0. The molecule has 0 radical (unpaired) electrons. The lowest BCUT2D eigenvalue weighted by atomic mass is 9.90. The fourth-order valence-corrected chi connectivity index (χ4v) is 5.75. The number of esters is 1. The molecule has 1 heterocycles. The number of ether oxygens (including phenoxy) is 1. The highest BCUT2D eigenvalue weighted by Crippen LogP contribution is 2.39. The number of hydrogen-bond donors (Lipinski definition) is 2. The van der Waals surface area contributed by atoms with Crippen LogP contribution in [0.5, 0.6) is 0 Å². The smallest absolute Gasteiger partial charge is 0.355 e. The SMILES string of the molecule is CC(=O)O[C@H]1CC[C@H](C=CCC(C)(O)CCC(F)=C(F)F)[C@H]1CCSc1nc(C(=O)O)cs1. The maximum absolute atomic E-state index is 13.0. The molecule has 4 atom stereocenters. The Kier molecular flexibility index (Phi) is 10.4. The molecule has 1 aromatic rings. The van der Waals surface area contributed by atoms with E-state index in [9.17, 15) is 27.9 Å². The topological polar surface area (TPSA) is 96.7 Å². The lowest BCUT2D eigenvalue weighted by molar-refractivity contribution is -0.148. The highest BCUT2D eigenvalue weighted by molar-refractivity contribution is 8.01. The van der Waals surface area contributed by atoms with Crippen LogP contribution in [0.3, 0.4) is 0 Å². The van der Waals surface area contributed by atoms with Crippen LogP contribution < -0.4 is 0 Å². The van der Waals surface area contributed by atoms with Crippen LogP contribution in [0, 0.1) is 11.8 Å². The van der Waals surface area contributed by atoms with Gasteiger partial charge < -0.3 is 14.9 Å². The summed E-state index contributed by atoms with van der Waals surface area (Å²) in [7, 11) is 0. The number of carboxylic acids is 1. The second kappa shape index (κ2) is 12.6. The van der Waals surface area contributed by atoms with E-state index < -0.39 is 29.9 Å². The minimum Gasteiger partial charge on any atom is -0.476 e. The summed E-state index contributed by atoms with van der Waals surface area (Å²) in [4.78, 5) is 26.5. The number of thioether (sulfide) groups is 1. The number of carbonyl (C=O) groups is 2. The first kappa shape index (κ1) is 27.4. The maximum Gasteiger partial charge on any atom is 0.355 e. The Balaban J connectivity index is 1.94. The van der Waals surface area contributed by atoms with Crippen molar-refractivity contribution < 1.29 is 37.7 Å². The number of hydrogen-bond acceptors (Lipinski definition) is 7. The van der Waals surface area contributed by atoms with Gasteiger partial charge in [-0.3, -0.25) is 4.79 Å². The van der Waals surface area contributed by atoms with Gasteiger partial charge in [-0.15, -0.1) is 11.3 Å². The van der Waals surface area contributed by atoms with Gasteiger partial charge in [0.2, 0.25) is 0 Å². The zero-order valence-corrected chi connectivity index (χ0v) is 20.1. The van der Waals surface area contributed by atoms with Crippen LogP contribution in [0.25, 0.3) is 0 Å². The average Bonchev–Trinajstić information content (AvgIpc) is 3.34. The van der Waals surface area contributed by atoms with E-state index in [-0.39, 0.29) is 42.4 Å². The fraction of sp³-hybridized carbons (Fsp3) is 0.591. The predicted octanol–water partition coefficient (Wildman–Crippen LogP) is 5.84. The Bertz CT molecular complexity index is 883. The summed E-state index contributed by atoms with van der Waals surface area (Å²) in [6.45, 7) is 2.84. The van der Waals surface area contributed by atoms with Crippen molar-refractivity contribution in [2.24, 2.45) is 11.8 Å². The van der Waals surface area contributed by atoms with Gasteiger partial charge in [-0.05, 0) is 44.9 Å². The number of nitrogens with zero attached hydrogens (tertiary/aromatic N) is 1. The number of aromatic carboxylic acids is 1. The summed E-state index contributed by atoms with van der Waals surface area (Å²) in [5.74, 6) is -2.13. The molecule has 0 amide bonds. The molecule has 0 aromatic carbocycles. The van der Waals surface area contributed by atoms with Gasteiger partial charge in [0.05, 0.1) is 5.60 Å². The molecule has 184 valence electrons. The third-order valence-electron chi connectivity index (χ3n) is 5.54. The highest BCUT2D eigenvalue weighted by atomic mass is 32.2. The van der Waals surface area contributed by atoms with E-state index in [2.05, 4.69) is 4.98 Å². The number of halogens is 3. The summed E-state index contributed by atoms with van der Waals surface area (Å²) in [5, 5.41) is 20.8. The molecular formula is C22H28F3NO5S2. The second-order valence-corrected chi connectivity index (χ2v) is 10.5. The van der Waals surface area contributed by atoms with Crippen molar-refractivity contribution in [1.82, 2.24) is 4.98 Å². The van der Waals surface area contributed by atoms with Crippen LogP contribution >= 0.6 is 23.1 Å². The van der Waals surface area contributed by atoms with E-state index in [1.165, 1.54) is 42.3 Å². The Labute approximate surface area is 198 Å². The third-order valence-corrected chi connectivity index (χ3v) is 7.59. The van der Waals surface area contributed by atoms with Crippen molar-refractivity contribution in [3.8, 4) is 0 Å². The molecule has 6 nitrogen and oxygen atoms in total. The minimum atomic E-state index is -2.36. The van der Waals surface area contributed by atoms with Crippen LogP contribution in [0.2, 0.25) is 0 Å². The molecule has 1 unspecified atom stereocenters. The average molecular weight is 508 g/mol. The molecule has 2 rings (SSSR count). The summed E-state index contributed by atoms with van der Waals surface area (Å²) >= 11 is 2.71. The first-order chi connectivity index (χ1) is 15.5. The van der Waals surface area contributed by atoms with E-state index in [4.69, 9.17) is 9.84 Å². The first-order valence-corrected chi connectivity index (χ1v) is 12.4. The monoisotopic (exact) mass is 507 g/mol. The number of rotatable bonds is 12. The summed E-state index contributed by atoms with van der Waals surface area (Å²) in [6, 6.07) is 0. The van der Waals surface area contributed by atoms with Gasteiger partial charge in [0, 0.05) is 30.4 Å². The zero-order valence-electron chi connectivity index (χ0n) is 18.4. The van der Waals surface area contributed by atoms with Gasteiger partial charge in [0.15, 0.2) is 15.9 Å². The number of carbonyl (C=O) groups excluding carboxylic acids is 1. The second-order valence-electron chi connectivity index (χ2n) is 8.29. The number of carboxylic acid groups (broad SMARTS) is 1. The third kappa shape index (κ3) is 9.13. The molecule has 0 aliphatic heterocycles. The number of thiazole rings is 1. The predicted molar refractivity (Wildman–Crippen MR) is 120 cm³/mol. The largest absolute Gasteiger partial charge is 0.476 e. The van der Waals surface area contributed by atoms with E-state index in [1.54, 1.807) is 6.08 Å². The molecule has 0 bridgehead atoms. The van der Waals surface area contributed by atoms with Gasteiger partial charge in [-0.2, -0.15) is 8.78 Å². The van der Waals surface area contributed by atoms with Crippen LogP contribution in [-0.4, -0.2) is 44.6 Å². The van der Waals surface area contributed by atoms with Crippen molar-refractivity contribution in [2.45, 2.75) is 68.4 Å². The fourth-order valence-electron chi connectivity index (χ4n) is 3.84. The minimum absolute atomic E-state index is 0.0126. The normalized spacial score (nSPS) is 22.3. The molecule has 1 aliphatic carbocycles. The van der Waals surface area contributed by atoms with Gasteiger partial charge in [-0.25, -0.2) is 14.2 Å². The summed E-state index contributed by atoms with van der Waals surface area (Å²) < 4.78 is 43.6. The lowest BCUT2D eigenvalue weighted by Gasteiger charge is -2.24. The van der Waals surface area contributed by atoms with Crippen molar-refractivity contribution in [2.75, 3.05) is 5.75 Å². The van der Waals surface area contributed by atoms with Crippen LogP contribution in [0.15, 0.2) is 33.8 Å². The van der Waals surface area contributed by atoms with Crippen molar-refractivity contribution in [3.05, 3.63) is 35.1 Å². The van der Waals surface area contributed by atoms with E-state index >= 15 is 0 Å². The molecule has 1 aromatic heterocycles. The van der Waals surface area contributed by atoms with Gasteiger partial charge in [0.1, 0.15) is 6.10 Å². The molecule has 2 N–H and O–H groups in total. The highest BCUT2D eigenvalue weighted by Gasteiger charge is 2.36. The van der Waals surface area contributed by atoms with E-state index in [1.807, 2.05) is 6.08 Å². The molecule has 11 heteroatoms. The van der Waals surface area contributed by atoms with Gasteiger partial charge in [0.25, 0.3) is 0 Å². The molecule has 1 aliphatic rings. The molecular weight excluding hydrogens is 479 g/mol. The van der Waals surface area contributed by atoms with Crippen LogP contribution in [-0.2, 0) is 9.53 Å². The van der Waals surface area contributed by atoms with Crippen molar-refractivity contribution in [1.29, 1.82) is 0 Å². The molecule has 1 fully saturated rings. The molecule has 0 saturated heterocycles. The molecule has 33 heavy (non-hydrogen) atoms. The Morgan fingerprint density at radius 2 is 2.09 bits per heavy atom. The zero-order chi connectivity index (χ0) is 24.6. The number of aliphatic hydroxyl groups is 1. The van der Waals surface area contributed by atoms with Gasteiger partial charge >= 0.3 is 18.0 Å².